The molecule has 1 aromatic carbocycles. The highest BCUT2D eigenvalue weighted by atomic mass is 35.5. The second kappa shape index (κ2) is 7.65. The SMILES string of the molecule is O=C(CCc1ccccc1Cl)NCC(O)C1CCCC1. The monoisotopic (exact) mass is 295 g/mol. The van der Waals surface area contributed by atoms with E-state index < -0.39 is 6.10 Å². The van der Waals surface area contributed by atoms with Crippen molar-refractivity contribution in [3.63, 3.8) is 0 Å². The minimum Gasteiger partial charge on any atom is -0.391 e. The van der Waals surface area contributed by atoms with E-state index in [1.165, 1.54) is 12.8 Å². The van der Waals surface area contributed by atoms with Crippen LogP contribution < -0.4 is 5.32 Å². The van der Waals surface area contributed by atoms with Gasteiger partial charge in [-0.15, -0.1) is 0 Å². The fourth-order valence-corrected chi connectivity index (χ4v) is 3.00. The number of carbonyl (C=O) groups is 1. The maximum absolute atomic E-state index is 11.8. The summed E-state index contributed by atoms with van der Waals surface area (Å²) in [5.41, 5.74) is 0.987. The van der Waals surface area contributed by atoms with Crippen LogP contribution in [0.5, 0.6) is 0 Å². The number of aliphatic hydroxyl groups excluding tert-OH is 1. The first kappa shape index (κ1) is 15.3. The van der Waals surface area contributed by atoms with Gasteiger partial charge in [0.25, 0.3) is 0 Å². The summed E-state index contributed by atoms with van der Waals surface area (Å²) in [6.07, 6.45) is 5.19. The molecule has 0 aromatic heterocycles. The Morgan fingerprint density at radius 2 is 2.05 bits per heavy atom. The first-order valence-corrected chi connectivity index (χ1v) is 7.73. The van der Waals surface area contributed by atoms with E-state index in [9.17, 15) is 9.90 Å². The predicted molar refractivity (Wildman–Crippen MR) is 80.7 cm³/mol. The van der Waals surface area contributed by atoms with Crippen molar-refractivity contribution in [1.29, 1.82) is 0 Å². The number of hydrogen-bond donors (Lipinski definition) is 2. The molecule has 1 aliphatic carbocycles. The molecule has 1 amide bonds. The predicted octanol–water partition coefficient (Wildman–Crippen LogP) is 2.94. The highest BCUT2D eigenvalue weighted by Crippen LogP contribution is 2.27. The summed E-state index contributed by atoms with van der Waals surface area (Å²) >= 11 is 6.05. The van der Waals surface area contributed by atoms with Crippen molar-refractivity contribution in [3.8, 4) is 0 Å². The third-order valence-electron chi connectivity index (χ3n) is 4.03. The van der Waals surface area contributed by atoms with Crippen LogP contribution in [0.2, 0.25) is 5.02 Å². The molecular formula is C16H22ClNO2. The molecule has 0 radical (unpaired) electrons. The molecule has 1 saturated carbocycles. The van der Waals surface area contributed by atoms with Gasteiger partial charge in [-0.05, 0) is 36.8 Å². The van der Waals surface area contributed by atoms with Crippen LogP contribution in [-0.4, -0.2) is 23.7 Å². The minimum atomic E-state index is -0.401. The fraction of sp³-hybridized carbons (Fsp3) is 0.562. The number of hydrogen-bond acceptors (Lipinski definition) is 2. The van der Waals surface area contributed by atoms with Crippen molar-refractivity contribution in [3.05, 3.63) is 34.9 Å². The molecule has 110 valence electrons. The Morgan fingerprint density at radius 1 is 1.35 bits per heavy atom. The number of rotatable bonds is 6. The van der Waals surface area contributed by atoms with Gasteiger partial charge in [0.2, 0.25) is 5.91 Å². The number of carbonyl (C=O) groups excluding carboxylic acids is 1. The molecule has 0 saturated heterocycles. The van der Waals surface area contributed by atoms with Gasteiger partial charge in [-0.3, -0.25) is 4.79 Å². The van der Waals surface area contributed by atoms with Crippen LogP contribution in [0.1, 0.15) is 37.7 Å². The lowest BCUT2D eigenvalue weighted by atomic mass is 10.0. The van der Waals surface area contributed by atoms with Crippen LogP contribution in [0, 0.1) is 5.92 Å². The zero-order chi connectivity index (χ0) is 14.4. The summed E-state index contributed by atoms with van der Waals surface area (Å²) in [5, 5.41) is 13.5. The molecule has 2 N–H and O–H groups in total. The number of halogens is 1. The Hall–Kier alpha value is -1.06. The van der Waals surface area contributed by atoms with Gasteiger partial charge in [-0.2, -0.15) is 0 Å². The average molecular weight is 296 g/mol. The summed E-state index contributed by atoms with van der Waals surface area (Å²) < 4.78 is 0. The van der Waals surface area contributed by atoms with Crippen molar-refractivity contribution < 1.29 is 9.90 Å². The topological polar surface area (TPSA) is 49.3 Å². The Balaban J connectivity index is 1.69. The summed E-state index contributed by atoms with van der Waals surface area (Å²) in [6.45, 7) is 0.367. The Morgan fingerprint density at radius 3 is 2.75 bits per heavy atom. The highest BCUT2D eigenvalue weighted by molar-refractivity contribution is 6.31. The molecule has 1 aliphatic rings. The number of aliphatic hydroxyl groups is 1. The highest BCUT2D eigenvalue weighted by Gasteiger charge is 2.23. The van der Waals surface area contributed by atoms with Gasteiger partial charge in [-0.25, -0.2) is 0 Å². The quantitative estimate of drug-likeness (QED) is 0.848. The molecule has 0 bridgehead atoms. The maximum Gasteiger partial charge on any atom is 0.220 e. The molecular weight excluding hydrogens is 274 g/mol. The number of benzene rings is 1. The van der Waals surface area contributed by atoms with Crippen molar-refractivity contribution in [2.45, 2.75) is 44.6 Å². The lowest BCUT2D eigenvalue weighted by Crippen LogP contribution is -2.35. The standard InChI is InChI=1S/C16H22ClNO2/c17-14-8-4-3-5-12(14)9-10-16(20)18-11-15(19)13-6-1-2-7-13/h3-5,8,13,15,19H,1-2,6-7,9-11H2,(H,18,20). The van der Waals surface area contributed by atoms with Gasteiger partial charge in [0.05, 0.1) is 6.10 Å². The Kier molecular flexibility index (Phi) is 5.86. The molecule has 0 aliphatic heterocycles. The molecule has 3 nitrogen and oxygen atoms in total. The van der Waals surface area contributed by atoms with Gasteiger partial charge < -0.3 is 10.4 Å². The van der Waals surface area contributed by atoms with E-state index in [4.69, 9.17) is 11.6 Å². The van der Waals surface area contributed by atoms with Crippen LogP contribution in [-0.2, 0) is 11.2 Å². The number of amides is 1. The van der Waals surface area contributed by atoms with E-state index in [1.54, 1.807) is 0 Å². The summed E-state index contributed by atoms with van der Waals surface area (Å²) in [6, 6.07) is 7.56. The zero-order valence-corrected chi connectivity index (χ0v) is 12.4. The lowest BCUT2D eigenvalue weighted by Gasteiger charge is -2.18. The van der Waals surface area contributed by atoms with E-state index in [2.05, 4.69) is 5.32 Å². The third kappa shape index (κ3) is 4.50. The molecule has 20 heavy (non-hydrogen) atoms. The van der Waals surface area contributed by atoms with E-state index >= 15 is 0 Å². The third-order valence-corrected chi connectivity index (χ3v) is 4.40. The second-order valence-corrected chi connectivity index (χ2v) is 5.91. The normalized spacial score (nSPS) is 17.1. The van der Waals surface area contributed by atoms with Gasteiger partial charge in [0.1, 0.15) is 0 Å². The van der Waals surface area contributed by atoms with Gasteiger partial charge in [-0.1, -0.05) is 42.6 Å². The second-order valence-electron chi connectivity index (χ2n) is 5.51. The lowest BCUT2D eigenvalue weighted by molar-refractivity contribution is -0.121. The molecule has 4 heteroatoms. The van der Waals surface area contributed by atoms with Crippen molar-refractivity contribution >= 4 is 17.5 Å². The van der Waals surface area contributed by atoms with Crippen LogP contribution in [0.3, 0.4) is 0 Å². The van der Waals surface area contributed by atoms with Gasteiger partial charge in [0, 0.05) is 18.0 Å². The van der Waals surface area contributed by atoms with E-state index in [1.807, 2.05) is 24.3 Å². The van der Waals surface area contributed by atoms with Crippen LogP contribution >= 0.6 is 11.6 Å². The van der Waals surface area contributed by atoms with Crippen LogP contribution in [0.25, 0.3) is 0 Å². The Bertz CT molecular complexity index is 444. The summed E-state index contributed by atoms with van der Waals surface area (Å²) in [7, 11) is 0. The molecule has 1 fully saturated rings. The summed E-state index contributed by atoms with van der Waals surface area (Å²) in [5.74, 6) is 0.334. The van der Waals surface area contributed by atoms with Crippen molar-refractivity contribution in [1.82, 2.24) is 5.32 Å². The smallest absolute Gasteiger partial charge is 0.220 e. The van der Waals surface area contributed by atoms with Crippen LogP contribution in [0.4, 0.5) is 0 Å². The largest absolute Gasteiger partial charge is 0.391 e. The average Bonchev–Trinajstić information content (AvgIpc) is 2.98. The number of nitrogens with one attached hydrogen (secondary N) is 1. The molecule has 2 rings (SSSR count). The Labute approximate surface area is 125 Å². The summed E-state index contributed by atoms with van der Waals surface area (Å²) in [4.78, 5) is 11.8. The first-order chi connectivity index (χ1) is 9.66. The zero-order valence-electron chi connectivity index (χ0n) is 11.6. The maximum atomic E-state index is 11.8. The molecule has 1 unspecified atom stereocenters. The molecule has 0 spiro atoms. The van der Waals surface area contributed by atoms with Gasteiger partial charge in [0.15, 0.2) is 0 Å². The van der Waals surface area contributed by atoms with E-state index in [0.717, 1.165) is 18.4 Å². The minimum absolute atomic E-state index is 0.0260. The van der Waals surface area contributed by atoms with Crippen molar-refractivity contribution in [2.75, 3.05) is 6.54 Å². The van der Waals surface area contributed by atoms with Crippen LogP contribution in [0.15, 0.2) is 24.3 Å². The first-order valence-electron chi connectivity index (χ1n) is 7.35. The van der Waals surface area contributed by atoms with Gasteiger partial charge >= 0.3 is 0 Å². The van der Waals surface area contributed by atoms with E-state index in [-0.39, 0.29) is 5.91 Å². The molecule has 1 aromatic rings. The van der Waals surface area contributed by atoms with Crippen molar-refractivity contribution in [2.24, 2.45) is 5.92 Å². The molecule has 1 atom stereocenters. The molecule has 0 heterocycles. The van der Waals surface area contributed by atoms with E-state index in [0.29, 0.717) is 30.3 Å². The fourth-order valence-electron chi connectivity index (χ4n) is 2.76. The number of aryl methyl sites for hydroxylation is 1.